The van der Waals surface area contributed by atoms with Gasteiger partial charge in [0, 0.05) is 11.8 Å². The second-order valence-electron chi connectivity index (χ2n) is 5.82. The van der Waals surface area contributed by atoms with E-state index in [-0.39, 0.29) is 11.1 Å². The fourth-order valence-corrected chi connectivity index (χ4v) is 4.50. The van der Waals surface area contributed by atoms with Crippen molar-refractivity contribution in [2.75, 3.05) is 7.11 Å². The van der Waals surface area contributed by atoms with Gasteiger partial charge in [-0.15, -0.1) is 11.3 Å². The number of H-pyrrole nitrogens is 2. The Morgan fingerprint density at radius 2 is 2.07 bits per heavy atom. The molecule has 3 aromatic heterocycles. The number of thiophene rings is 1. The summed E-state index contributed by atoms with van der Waals surface area (Å²) in [6.07, 6.45) is 1.62. The van der Waals surface area contributed by atoms with Crippen LogP contribution in [-0.4, -0.2) is 33.0 Å². The number of nitrogens with one attached hydrogen (secondary N) is 2. The molecule has 2 N–H and O–H groups in total. The second-order valence-corrected chi connectivity index (χ2v) is 7.78. The van der Waals surface area contributed by atoms with Crippen molar-refractivity contribution in [3.63, 3.8) is 0 Å². The molecule has 10 heteroatoms. The van der Waals surface area contributed by atoms with E-state index in [9.17, 15) is 14.4 Å². The van der Waals surface area contributed by atoms with Crippen LogP contribution >= 0.6 is 23.1 Å². The maximum absolute atomic E-state index is 12.4. The highest BCUT2D eigenvalue weighted by atomic mass is 32.2. The maximum Gasteiger partial charge on any atom is 0.348 e. The number of rotatable bonds is 6. The van der Waals surface area contributed by atoms with Gasteiger partial charge in [0.05, 0.1) is 18.2 Å². The topological polar surface area (TPSA) is 118 Å². The highest BCUT2D eigenvalue weighted by molar-refractivity contribution is 7.98. The Hall–Kier alpha value is -2.46. The lowest BCUT2D eigenvalue weighted by atomic mass is 10.2. The smallest absolute Gasteiger partial charge is 0.348 e. The molecule has 142 valence electrons. The van der Waals surface area contributed by atoms with Gasteiger partial charge in [0.25, 0.3) is 11.1 Å². The minimum absolute atomic E-state index is 0.204. The van der Waals surface area contributed by atoms with Gasteiger partial charge >= 0.3 is 5.97 Å². The summed E-state index contributed by atoms with van der Waals surface area (Å²) in [6, 6.07) is 1.49. The number of hydrogen-bond donors (Lipinski definition) is 2. The fourth-order valence-electron chi connectivity index (χ4n) is 2.62. The summed E-state index contributed by atoms with van der Waals surface area (Å²) in [6.45, 7) is 3.72. The summed E-state index contributed by atoms with van der Waals surface area (Å²) in [5.74, 6) is 0.285. The minimum atomic E-state index is -0.486. The first-order valence-electron chi connectivity index (χ1n) is 8.26. The van der Waals surface area contributed by atoms with Gasteiger partial charge in [-0.3, -0.25) is 9.59 Å². The SMILES string of the molecule is CCCc1cc(=O)[nH]c(SCc2nc3sc(C(=O)OC)c(C)c3c(=O)[nH]2)n1. The van der Waals surface area contributed by atoms with Crippen molar-refractivity contribution in [2.24, 2.45) is 0 Å². The first-order chi connectivity index (χ1) is 12.9. The highest BCUT2D eigenvalue weighted by Gasteiger charge is 2.19. The summed E-state index contributed by atoms with van der Waals surface area (Å²) in [4.78, 5) is 51.1. The first kappa shape index (κ1) is 19.3. The molecule has 27 heavy (non-hydrogen) atoms. The molecule has 0 saturated heterocycles. The van der Waals surface area contributed by atoms with E-state index >= 15 is 0 Å². The number of aryl methyl sites for hydroxylation is 2. The van der Waals surface area contributed by atoms with Gasteiger partial charge in [0.15, 0.2) is 5.16 Å². The lowest BCUT2D eigenvalue weighted by molar-refractivity contribution is 0.0605. The molecule has 0 aliphatic rings. The number of carbonyl (C=O) groups excluding carboxylic acids is 1. The van der Waals surface area contributed by atoms with E-state index < -0.39 is 5.97 Å². The zero-order valence-electron chi connectivity index (χ0n) is 15.0. The Bertz CT molecular complexity index is 1120. The van der Waals surface area contributed by atoms with E-state index in [1.807, 2.05) is 6.92 Å². The normalized spacial score (nSPS) is 11.1. The largest absolute Gasteiger partial charge is 0.465 e. The highest BCUT2D eigenvalue weighted by Crippen LogP contribution is 2.28. The number of nitrogens with zero attached hydrogens (tertiary/aromatic N) is 2. The number of thioether (sulfide) groups is 1. The standard InChI is InChI=1S/C17H18N4O4S2/c1-4-5-9-6-11(22)21-17(18-9)26-7-10-19-14(23)12-8(2)13(16(24)25-3)27-15(12)20-10/h6H,4-5,7H2,1-3H3,(H,18,21,22)(H,19,20,23). The fraction of sp³-hybridized carbons (Fsp3) is 0.353. The van der Waals surface area contributed by atoms with Crippen molar-refractivity contribution in [2.45, 2.75) is 37.6 Å². The molecule has 3 heterocycles. The first-order valence-corrected chi connectivity index (χ1v) is 10.1. The molecule has 8 nitrogen and oxygen atoms in total. The molecule has 0 radical (unpaired) electrons. The third kappa shape index (κ3) is 4.11. The molecule has 0 fully saturated rings. The van der Waals surface area contributed by atoms with E-state index in [0.717, 1.165) is 29.9 Å². The number of carbonyl (C=O) groups is 1. The van der Waals surface area contributed by atoms with Crippen LogP contribution in [0.15, 0.2) is 20.8 Å². The predicted molar refractivity (Wildman–Crippen MR) is 105 cm³/mol. The summed E-state index contributed by atoms with van der Waals surface area (Å²) in [5.41, 5.74) is 0.787. The number of aromatic amines is 2. The Labute approximate surface area is 162 Å². The quantitative estimate of drug-likeness (QED) is 0.367. The maximum atomic E-state index is 12.4. The van der Waals surface area contributed by atoms with E-state index in [0.29, 0.717) is 37.4 Å². The van der Waals surface area contributed by atoms with Crippen molar-refractivity contribution < 1.29 is 9.53 Å². The van der Waals surface area contributed by atoms with Crippen LogP contribution in [0.3, 0.4) is 0 Å². The van der Waals surface area contributed by atoms with Crippen LogP contribution in [0.4, 0.5) is 0 Å². The lowest BCUT2D eigenvalue weighted by Crippen LogP contribution is -2.12. The Morgan fingerprint density at radius 3 is 2.78 bits per heavy atom. The van der Waals surface area contributed by atoms with Gasteiger partial charge in [-0.25, -0.2) is 14.8 Å². The Balaban J connectivity index is 1.89. The Kier molecular flexibility index (Phi) is 5.76. The molecule has 0 aromatic carbocycles. The molecule has 0 spiro atoms. The molecule has 0 saturated carbocycles. The molecule has 0 bridgehead atoms. The number of aromatic nitrogens is 4. The molecule has 0 amide bonds. The molecule has 3 aromatic rings. The number of esters is 1. The van der Waals surface area contributed by atoms with Gasteiger partial charge in [-0.1, -0.05) is 25.1 Å². The third-order valence-corrected chi connectivity index (χ3v) is 5.90. The lowest BCUT2D eigenvalue weighted by Gasteiger charge is -2.03. The van der Waals surface area contributed by atoms with Crippen molar-refractivity contribution in [3.8, 4) is 0 Å². The summed E-state index contributed by atoms with van der Waals surface area (Å²) >= 11 is 2.41. The van der Waals surface area contributed by atoms with Gasteiger partial charge in [0.2, 0.25) is 0 Å². The molecule has 0 aliphatic heterocycles. The van der Waals surface area contributed by atoms with E-state index in [2.05, 4.69) is 19.9 Å². The van der Waals surface area contributed by atoms with Gasteiger partial charge < -0.3 is 14.7 Å². The van der Waals surface area contributed by atoms with Crippen LogP contribution in [0.5, 0.6) is 0 Å². The van der Waals surface area contributed by atoms with Crippen LogP contribution in [0, 0.1) is 6.92 Å². The third-order valence-electron chi connectivity index (χ3n) is 3.85. The summed E-state index contributed by atoms with van der Waals surface area (Å²) in [7, 11) is 1.30. The summed E-state index contributed by atoms with van der Waals surface area (Å²) < 4.78 is 4.75. The zero-order chi connectivity index (χ0) is 19.6. The second kappa shape index (κ2) is 8.05. The van der Waals surface area contributed by atoms with Crippen molar-refractivity contribution in [1.29, 1.82) is 0 Å². The number of ether oxygens (including phenoxy) is 1. The van der Waals surface area contributed by atoms with Crippen molar-refractivity contribution in [3.05, 3.63) is 48.7 Å². The molecule has 0 atom stereocenters. The molecule has 0 aliphatic carbocycles. The summed E-state index contributed by atoms with van der Waals surface area (Å²) in [5, 5.41) is 0.872. The van der Waals surface area contributed by atoms with Crippen LogP contribution in [0.2, 0.25) is 0 Å². The van der Waals surface area contributed by atoms with E-state index in [4.69, 9.17) is 4.74 Å². The minimum Gasteiger partial charge on any atom is -0.465 e. The van der Waals surface area contributed by atoms with E-state index in [1.54, 1.807) is 6.92 Å². The number of fused-ring (bicyclic) bond motifs is 1. The van der Waals surface area contributed by atoms with Gasteiger partial charge in [0.1, 0.15) is 15.5 Å². The van der Waals surface area contributed by atoms with Crippen molar-refractivity contribution in [1.82, 2.24) is 19.9 Å². The number of methoxy groups -OCH3 is 1. The van der Waals surface area contributed by atoms with E-state index in [1.165, 1.54) is 24.9 Å². The van der Waals surface area contributed by atoms with Gasteiger partial charge in [-0.05, 0) is 18.9 Å². The average molecular weight is 406 g/mol. The predicted octanol–water partition coefficient (Wildman–Crippen LogP) is 2.41. The molecule has 0 unspecified atom stereocenters. The van der Waals surface area contributed by atoms with Crippen LogP contribution in [-0.2, 0) is 16.9 Å². The molecule has 3 rings (SSSR count). The zero-order valence-corrected chi connectivity index (χ0v) is 16.7. The van der Waals surface area contributed by atoms with Crippen LogP contribution < -0.4 is 11.1 Å². The monoisotopic (exact) mass is 406 g/mol. The molecular weight excluding hydrogens is 388 g/mol. The van der Waals surface area contributed by atoms with Gasteiger partial charge in [-0.2, -0.15) is 0 Å². The molecular formula is C17H18N4O4S2. The number of hydrogen-bond acceptors (Lipinski definition) is 8. The van der Waals surface area contributed by atoms with Crippen molar-refractivity contribution >= 4 is 39.3 Å². The van der Waals surface area contributed by atoms with Crippen LogP contribution in [0.25, 0.3) is 10.2 Å². The Morgan fingerprint density at radius 1 is 1.30 bits per heavy atom. The van der Waals surface area contributed by atoms with Crippen LogP contribution in [0.1, 0.15) is 40.1 Å². The average Bonchev–Trinajstić information content (AvgIpc) is 2.96.